The molecule has 1 N–H and O–H groups in total. The van der Waals surface area contributed by atoms with Gasteiger partial charge in [-0.3, -0.25) is 9.59 Å². The second-order valence-electron chi connectivity index (χ2n) is 7.97. The SMILES string of the molecule is CCOC(=O)c1c(NC(=O)Cn2nc(C(=O)[O-])c3ccccc3c2=O)sc2c1CC[C@@H](C)C2. The lowest BCUT2D eigenvalue weighted by Crippen LogP contribution is -2.34. The number of fused-ring (bicyclic) bond motifs is 2. The van der Waals surface area contributed by atoms with Gasteiger partial charge in [0.1, 0.15) is 17.2 Å². The highest BCUT2D eigenvalue weighted by atomic mass is 32.1. The van der Waals surface area contributed by atoms with Crippen LogP contribution in [0.3, 0.4) is 0 Å². The third kappa shape index (κ3) is 4.38. The molecule has 0 aliphatic heterocycles. The molecule has 2 aromatic heterocycles. The number of aromatic nitrogens is 2. The number of hydrogen-bond donors (Lipinski definition) is 1. The number of nitrogens with zero attached hydrogens (tertiary/aromatic N) is 2. The van der Waals surface area contributed by atoms with Gasteiger partial charge in [-0.05, 0) is 43.7 Å². The minimum Gasteiger partial charge on any atom is -0.543 e. The number of carbonyl (C=O) groups excluding carboxylic acids is 3. The third-order valence-electron chi connectivity index (χ3n) is 5.60. The van der Waals surface area contributed by atoms with Gasteiger partial charge >= 0.3 is 5.97 Å². The van der Waals surface area contributed by atoms with Crippen LogP contribution >= 0.6 is 11.3 Å². The fourth-order valence-corrected chi connectivity index (χ4v) is 5.47. The van der Waals surface area contributed by atoms with Crippen molar-refractivity contribution in [2.75, 3.05) is 11.9 Å². The van der Waals surface area contributed by atoms with E-state index in [0.29, 0.717) is 16.5 Å². The summed E-state index contributed by atoms with van der Waals surface area (Å²) >= 11 is 1.33. The number of nitrogens with one attached hydrogen (secondary N) is 1. The average molecular weight is 469 g/mol. The molecule has 0 fully saturated rings. The molecule has 10 heteroatoms. The predicted molar refractivity (Wildman–Crippen MR) is 120 cm³/mol. The molecule has 0 radical (unpaired) electrons. The van der Waals surface area contributed by atoms with E-state index in [0.717, 1.165) is 34.4 Å². The Morgan fingerprint density at radius 3 is 2.70 bits per heavy atom. The van der Waals surface area contributed by atoms with Gasteiger partial charge in [-0.2, -0.15) is 5.10 Å². The molecule has 33 heavy (non-hydrogen) atoms. The maximum absolute atomic E-state index is 12.8. The first kappa shape index (κ1) is 22.7. The van der Waals surface area contributed by atoms with Crippen molar-refractivity contribution >= 4 is 45.0 Å². The number of rotatable bonds is 6. The van der Waals surface area contributed by atoms with E-state index in [1.54, 1.807) is 19.1 Å². The minimum atomic E-state index is -1.55. The number of esters is 1. The van der Waals surface area contributed by atoms with Crippen LogP contribution in [0.5, 0.6) is 0 Å². The van der Waals surface area contributed by atoms with E-state index in [4.69, 9.17) is 4.74 Å². The van der Waals surface area contributed by atoms with Gasteiger partial charge in [0.05, 0.1) is 23.5 Å². The lowest BCUT2D eigenvalue weighted by atomic mass is 9.88. The zero-order valence-corrected chi connectivity index (χ0v) is 19.0. The molecule has 0 saturated carbocycles. The van der Waals surface area contributed by atoms with Crippen LogP contribution in [0.1, 0.15) is 51.6 Å². The molecule has 3 aromatic rings. The quantitative estimate of drug-likeness (QED) is 0.546. The molecule has 0 bridgehead atoms. The van der Waals surface area contributed by atoms with E-state index in [-0.39, 0.29) is 17.4 Å². The van der Waals surface area contributed by atoms with Crippen molar-refractivity contribution in [2.45, 2.75) is 39.7 Å². The number of amides is 1. The van der Waals surface area contributed by atoms with Crippen molar-refractivity contribution in [2.24, 2.45) is 5.92 Å². The second-order valence-corrected chi connectivity index (χ2v) is 9.07. The van der Waals surface area contributed by atoms with Crippen LogP contribution in [0.2, 0.25) is 0 Å². The number of ether oxygens (including phenoxy) is 1. The lowest BCUT2D eigenvalue weighted by molar-refractivity contribution is -0.255. The van der Waals surface area contributed by atoms with Gasteiger partial charge in [0.25, 0.3) is 5.56 Å². The molecule has 1 amide bonds. The zero-order chi connectivity index (χ0) is 23.7. The Morgan fingerprint density at radius 1 is 1.27 bits per heavy atom. The van der Waals surface area contributed by atoms with Crippen LogP contribution in [0, 0.1) is 5.92 Å². The molecule has 0 unspecified atom stereocenters. The molecule has 172 valence electrons. The van der Waals surface area contributed by atoms with Gasteiger partial charge in [-0.15, -0.1) is 11.3 Å². The maximum Gasteiger partial charge on any atom is 0.341 e. The number of benzene rings is 1. The van der Waals surface area contributed by atoms with E-state index in [9.17, 15) is 24.3 Å². The van der Waals surface area contributed by atoms with Crippen LogP contribution in [-0.4, -0.2) is 34.2 Å². The Bertz CT molecular complexity index is 1330. The summed E-state index contributed by atoms with van der Waals surface area (Å²) in [5, 5.41) is 18.7. The van der Waals surface area contributed by atoms with Crippen molar-refractivity contribution in [3.05, 3.63) is 56.3 Å². The topological polar surface area (TPSA) is 130 Å². The van der Waals surface area contributed by atoms with Gasteiger partial charge < -0.3 is 20.0 Å². The fraction of sp³-hybridized carbons (Fsp3) is 0.348. The van der Waals surface area contributed by atoms with Gasteiger partial charge in [0.2, 0.25) is 5.91 Å². The molecule has 9 nitrogen and oxygen atoms in total. The van der Waals surface area contributed by atoms with E-state index in [1.165, 1.54) is 23.5 Å². The molecule has 0 saturated heterocycles. The monoisotopic (exact) mass is 468 g/mol. The van der Waals surface area contributed by atoms with Crippen molar-refractivity contribution in [3.8, 4) is 0 Å². The Hall–Kier alpha value is -3.53. The predicted octanol–water partition coefficient (Wildman–Crippen LogP) is 1.76. The first-order valence-electron chi connectivity index (χ1n) is 10.6. The number of hydrogen-bond acceptors (Lipinski definition) is 8. The molecular weight excluding hydrogens is 446 g/mol. The Morgan fingerprint density at radius 2 is 2.00 bits per heavy atom. The summed E-state index contributed by atoms with van der Waals surface area (Å²) in [6, 6.07) is 6.11. The zero-order valence-electron chi connectivity index (χ0n) is 18.2. The average Bonchev–Trinajstić information content (AvgIpc) is 3.12. The lowest BCUT2D eigenvalue weighted by Gasteiger charge is -2.18. The summed E-state index contributed by atoms with van der Waals surface area (Å²) in [7, 11) is 0. The minimum absolute atomic E-state index is 0.118. The number of thiophene rings is 1. The van der Waals surface area contributed by atoms with Crippen LogP contribution in [0.25, 0.3) is 10.8 Å². The van der Waals surface area contributed by atoms with Crippen LogP contribution in [0.4, 0.5) is 5.00 Å². The first-order chi connectivity index (χ1) is 15.8. The van der Waals surface area contributed by atoms with Crippen LogP contribution in [-0.2, 0) is 28.9 Å². The summed E-state index contributed by atoms with van der Waals surface area (Å²) < 4.78 is 6.00. The van der Waals surface area contributed by atoms with Gasteiger partial charge in [0, 0.05) is 10.3 Å². The fourth-order valence-electron chi connectivity index (χ4n) is 4.05. The number of carboxylic acids is 1. The molecular formula is C23H22N3O6S-. The molecule has 1 aromatic carbocycles. The Balaban J connectivity index is 1.67. The van der Waals surface area contributed by atoms with Crippen molar-refractivity contribution in [1.29, 1.82) is 0 Å². The number of carboxylic acid groups (broad SMARTS) is 1. The largest absolute Gasteiger partial charge is 0.543 e. The summed E-state index contributed by atoms with van der Waals surface area (Å²) in [5.41, 5.74) is 0.222. The van der Waals surface area contributed by atoms with Gasteiger partial charge in [-0.1, -0.05) is 25.1 Å². The summed E-state index contributed by atoms with van der Waals surface area (Å²) in [5.74, 6) is -2.19. The highest BCUT2D eigenvalue weighted by Crippen LogP contribution is 2.40. The normalized spacial score (nSPS) is 15.2. The molecule has 1 aliphatic carbocycles. The molecule has 0 spiro atoms. The summed E-state index contributed by atoms with van der Waals surface area (Å²) in [6.07, 6.45) is 2.46. The van der Waals surface area contributed by atoms with Gasteiger partial charge in [-0.25, -0.2) is 9.48 Å². The van der Waals surface area contributed by atoms with Crippen LogP contribution in [0.15, 0.2) is 29.1 Å². The standard InChI is InChI=1S/C23H23N3O6S/c1-3-32-23(31)18-15-9-8-12(2)10-16(15)33-20(18)24-17(27)11-26-21(28)14-7-5-4-6-13(14)19(25-26)22(29)30/h4-7,12H,3,8-11H2,1-2H3,(H,24,27)(H,29,30)/p-1/t12-/m1/s1. The molecule has 2 heterocycles. The highest BCUT2D eigenvalue weighted by molar-refractivity contribution is 7.17. The van der Waals surface area contributed by atoms with Crippen molar-refractivity contribution < 1.29 is 24.2 Å². The van der Waals surface area contributed by atoms with E-state index in [1.807, 2.05) is 0 Å². The maximum atomic E-state index is 12.8. The number of anilines is 1. The van der Waals surface area contributed by atoms with Crippen LogP contribution < -0.4 is 16.0 Å². The highest BCUT2D eigenvalue weighted by Gasteiger charge is 2.29. The first-order valence-corrected chi connectivity index (χ1v) is 11.4. The number of carbonyl (C=O) groups is 3. The summed E-state index contributed by atoms with van der Waals surface area (Å²) in [6.45, 7) is 3.53. The molecule has 4 rings (SSSR count). The Labute approximate surface area is 193 Å². The number of aromatic carboxylic acids is 1. The van der Waals surface area contributed by atoms with E-state index >= 15 is 0 Å². The van der Waals surface area contributed by atoms with Gasteiger partial charge in [0.15, 0.2) is 0 Å². The summed E-state index contributed by atoms with van der Waals surface area (Å²) in [4.78, 5) is 50.8. The Kier molecular flexibility index (Phi) is 6.28. The van der Waals surface area contributed by atoms with Crippen molar-refractivity contribution in [1.82, 2.24) is 9.78 Å². The third-order valence-corrected chi connectivity index (χ3v) is 6.77. The smallest absolute Gasteiger partial charge is 0.341 e. The molecule has 1 aliphatic rings. The van der Waals surface area contributed by atoms with E-state index in [2.05, 4.69) is 17.3 Å². The molecule has 1 atom stereocenters. The van der Waals surface area contributed by atoms with Crippen molar-refractivity contribution in [3.63, 3.8) is 0 Å². The second kappa shape index (κ2) is 9.14. The van der Waals surface area contributed by atoms with E-state index < -0.39 is 35.6 Å².